The molecule has 1 aliphatic rings. The number of aliphatic hydroxyl groups is 1. The van der Waals surface area contributed by atoms with Crippen LogP contribution in [0.3, 0.4) is 0 Å². The molecule has 160 valence electrons. The molecule has 1 saturated heterocycles. The van der Waals surface area contributed by atoms with E-state index >= 15 is 0 Å². The van der Waals surface area contributed by atoms with Crippen LogP contribution in [-0.2, 0) is 16.0 Å². The molecule has 6 nitrogen and oxygen atoms in total. The predicted molar refractivity (Wildman–Crippen MR) is 119 cm³/mol. The fraction of sp³-hybridized carbons (Fsp3) is 0.435. The quantitative estimate of drug-likeness (QED) is 0.471. The number of benzene rings is 2. The van der Waals surface area contributed by atoms with Crippen molar-refractivity contribution in [1.29, 1.82) is 0 Å². The highest BCUT2D eigenvalue weighted by molar-refractivity contribution is 9.10. The number of rotatable bonds is 9. The zero-order valence-electron chi connectivity index (χ0n) is 16.9. The van der Waals surface area contributed by atoms with Crippen LogP contribution in [0.2, 0.25) is 0 Å². The normalized spacial score (nSPS) is 16.1. The lowest BCUT2D eigenvalue weighted by atomic mass is 9.99. The van der Waals surface area contributed by atoms with Crippen LogP contribution in [0.25, 0.3) is 11.0 Å². The Balaban J connectivity index is 1.32. The van der Waals surface area contributed by atoms with Crippen molar-refractivity contribution in [2.75, 3.05) is 33.0 Å². The first-order valence-corrected chi connectivity index (χ1v) is 11.2. The van der Waals surface area contributed by atoms with Gasteiger partial charge in [-0.15, -0.1) is 0 Å². The van der Waals surface area contributed by atoms with E-state index in [0.717, 1.165) is 53.1 Å². The van der Waals surface area contributed by atoms with E-state index in [1.165, 1.54) is 0 Å². The van der Waals surface area contributed by atoms with Crippen LogP contribution in [0.4, 0.5) is 0 Å². The monoisotopic (exact) mass is 474 g/mol. The number of para-hydroxylation sites is 2. The third-order valence-electron chi connectivity index (χ3n) is 5.28. The Bertz CT molecular complexity index is 938. The van der Waals surface area contributed by atoms with Gasteiger partial charge in [0, 0.05) is 23.6 Å². The van der Waals surface area contributed by atoms with Gasteiger partial charge in [0.25, 0.3) is 0 Å². The highest BCUT2D eigenvalue weighted by Gasteiger charge is 2.23. The predicted octanol–water partition coefficient (Wildman–Crippen LogP) is 4.15. The number of aliphatic hydroxyl groups excluding tert-OH is 1. The fourth-order valence-corrected chi connectivity index (χ4v) is 4.05. The second kappa shape index (κ2) is 10.4. The van der Waals surface area contributed by atoms with Gasteiger partial charge in [0.15, 0.2) is 0 Å². The first-order valence-electron chi connectivity index (χ1n) is 10.4. The molecule has 30 heavy (non-hydrogen) atoms. The number of aromatic nitrogens is 2. The largest absolute Gasteiger partial charge is 0.491 e. The number of hydrogen-bond acceptors (Lipinski definition) is 5. The van der Waals surface area contributed by atoms with Gasteiger partial charge < -0.3 is 23.9 Å². The van der Waals surface area contributed by atoms with Crippen LogP contribution < -0.4 is 4.74 Å². The molecule has 1 aliphatic heterocycles. The number of imidazole rings is 1. The van der Waals surface area contributed by atoms with Crippen molar-refractivity contribution < 1.29 is 19.3 Å². The lowest BCUT2D eigenvalue weighted by molar-refractivity contribution is 0.0170. The highest BCUT2D eigenvalue weighted by atomic mass is 79.9. The molecule has 3 aromatic rings. The Labute approximate surface area is 184 Å². The third-order valence-corrected chi connectivity index (χ3v) is 5.81. The van der Waals surface area contributed by atoms with Gasteiger partial charge in [0.05, 0.1) is 36.9 Å². The minimum Gasteiger partial charge on any atom is -0.491 e. The van der Waals surface area contributed by atoms with Crippen molar-refractivity contribution in [3.8, 4) is 5.75 Å². The first-order chi connectivity index (χ1) is 14.7. The van der Waals surface area contributed by atoms with Crippen LogP contribution in [0.15, 0.2) is 53.0 Å². The Morgan fingerprint density at radius 3 is 2.67 bits per heavy atom. The average molecular weight is 475 g/mol. The zero-order valence-corrected chi connectivity index (χ0v) is 18.5. The molecule has 0 radical (unpaired) electrons. The van der Waals surface area contributed by atoms with E-state index in [1.54, 1.807) is 0 Å². The van der Waals surface area contributed by atoms with E-state index in [-0.39, 0.29) is 6.61 Å². The van der Waals surface area contributed by atoms with Gasteiger partial charge in [0.1, 0.15) is 18.2 Å². The smallest absolute Gasteiger partial charge is 0.119 e. The Morgan fingerprint density at radius 2 is 1.87 bits per heavy atom. The standard InChI is InChI=1S/C23H27BrN2O4/c24-18-5-7-20(8-6-18)30-14-13-29-16-19(27)15-26-22-4-2-1-3-21(22)25-23(26)17-9-11-28-12-10-17/h1-8,17,19,27H,9-16H2. The van der Waals surface area contributed by atoms with Crippen molar-refractivity contribution in [1.82, 2.24) is 9.55 Å². The molecule has 0 saturated carbocycles. The molecule has 2 heterocycles. The van der Waals surface area contributed by atoms with Gasteiger partial charge in [-0.3, -0.25) is 0 Å². The highest BCUT2D eigenvalue weighted by Crippen LogP contribution is 2.29. The van der Waals surface area contributed by atoms with E-state index in [0.29, 0.717) is 25.7 Å². The van der Waals surface area contributed by atoms with E-state index in [1.807, 2.05) is 42.5 Å². The minimum atomic E-state index is -0.617. The van der Waals surface area contributed by atoms with Crippen molar-refractivity contribution in [3.05, 3.63) is 58.8 Å². The fourth-order valence-electron chi connectivity index (χ4n) is 3.79. The minimum absolute atomic E-state index is 0.253. The Kier molecular flexibility index (Phi) is 7.38. The van der Waals surface area contributed by atoms with Gasteiger partial charge in [-0.25, -0.2) is 4.98 Å². The molecule has 1 atom stereocenters. The summed E-state index contributed by atoms with van der Waals surface area (Å²) in [6, 6.07) is 15.8. The summed E-state index contributed by atoms with van der Waals surface area (Å²) in [5, 5.41) is 10.6. The van der Waals surface area contributed by atoms with Gasteiger partial charge in [0.2, 0.25) is 0 Å². The van der Waals surface area contributed by atoms with Crippen molar-refractivity contribution in [2.45, 2.75) is 31.4 Å². The molecular weight excluding hydrogens is 448 g/mol. The molecule has 7 heteroatoms. The van der Waals surface area contributed by atoms with Crippen molar-refractivity contribution in [3.63, 3.8) is 0 Å². The lowest BCUT2D eigenvalue weighted by Gasteiger charge is -2.23. The number of hydrogen-bond donors (Lipinski definition) is 1. The van der Waals surface area contributed by atoms with E-state index in [9.17, 15) is 5.11 Å². The summed E-state index contributed by atoms with van der Waals surface area (Å²) in [6.07, 6.45) is 1.31. The van der Waals surface area contributed by atoms with Gasteiger partial charge >= 0.3 is 0 Å². The number of nitrogens with zero attached hydrogens (tertiary/aromatic N) is 2. The summed E-state index contributed by atoms with van der Waals surface area (Å²) in [5.74, 6) is 2.20. The molecule has 0 spiro atoms. The number of ether oxygens (including phenoxy) is 3. The molecule has 1 fully saturated rings. The van der Waals surface area contributed by atoms with Gasteiger partial charge in [-0.2, -0.15) is 0 Å². The Morgan fingerprint density at radius 1 is 1.10 bits per heavy atom. The van der Waals surface area contributed by atoms with E-state index in [4.69, 9.17) is 19.2 Å². The molecule has 1 aromatic heterocycles. The van der Waals surface area contributed by atoms with Crippen LogP contribution in [0, 0.1) is 0 Å². The summed E-state index contributed by atoms with van der Waals surface area (Å²) in [6.45, 7) is 3.10. The molecule has 0 bridgehead atoms. The average Bonchev–Trinajstić information content (AvgIpc) is 3.14. The maximum atomic E-state index is 10.6. The summed E-state index contributed by atoms with van der Waals surface area (Å²) < 4.78 is 20.0. The van der Waals surface area contributed by atoms with Crippen LogP contribution in [0.1, 0.15) is 24.6 Å². The molecule has 0 amide bonds. The summed E-state index contributed by atoms with van der Waals surface area (Å²) in [7, 11) is 0. The first kappa shape index (κ1) is 21.3. The van der Waals surface area contributed by atoms with Gasteiger partial charge in [-0.1, -0.05) is 28.1 Å². The topological polar surface area (TPSA) is 65.7 Å². The van der Waals surface area contributed by atoms with Crippen molar-refractivity contribution in [2.24, 2.45) is 0 Å². The summed E-state index contributed by atoms with van der Waals surface area (Å²) in [5.41, 5.74) is 2.02. The molecule has 1 unspecified atom stereocenters. The lowest BCUT2D eigenvalue weighted by Crippen LogP contribution is -2.26. The summed E-state index contributed by atoms with van der Waals surface area (Å²) >= 11 is 3.40. The Hall–Kier alpha value is -1.93. The number of fused-ring (bicyclic) bond motifs is 1. The molecule has 4 rings (SSSR count). The summed E-state index contributed by atoms with van der Waals surface area (Å²) in [4.78, 5) is 4.87. The van der Waals surface area contributed by atoms with Crippen LogP contribution in [0.5, 0.6) is 5.75 Å². The molecule has 1 N–H and O–H groups in total. The third kappa shape index (κ3) is 5.40. The molecular formula is C23H27BrN2O4. The second-order valence-electron chi connectivity index (χ2n) is 7.49. The second-order valence-corrected chi connectivity index (χ2v) is 8.40. The van der Waals surface area contributed by atoms with Crippen LogP contribution in [-0.4, -0.2) is 53.8 Å². The van der Waals surface area contributed by atoms with Crippen molar-refractivity contribution >= 4 is 27.0 Å². The molecule has 2 aromatic carbocycles. The molecule has 0 aliphatic carbocycles. The SMILES string of the molecule is OC(COCCOc1ccc(Br)cc1)Cn1c(C2CCOCC2)nc2ccccc21. The van der Waals surface area contributed by atoms with Crippen LogP contribution >= 0.6 is 15.9 Å². The number of halogens is 1. The van der Waals surface area contributed by atoms with E-state index in [2.05, 4.69) is 26.6 Å². The van der Waals surface area contributed by atoms with E-state index < -0.39 is 6.10 Å². The maximum absolute atomic E-state index is 10.6. The zero-order chi connectivity index (χ0) is 20.8. The maximum Gasteiger partial charge on any atom is 0.119 e. The van der Waals surface area contributed by atoms with Gasteiger partial charge in [-0.05, 0) is 49.2 Å².